The van der Waals surface area contributed by atoms with Crippen LogP contribution in [0.15, 0.2) is 48.5 Å². The third-order valence-corrected chi connectivity index (χ3v) is 4.67. The molecule has 0 amide bonds. The van der Waals surface area contributed by atoms with Gasteiger partial charge in [0.05, 0.1) is 40.3 Å². The van der Waals surface area contributed by atoms with Gasteiger partial charge in [-0.25, -0.2) is 0 Å². The first kappa shape index (κ1) is 21.3. The van der Waals surface area contributed by atoms with Gasteiger partial charge in [-0.2, -0.15) is 0 Å². The molecule has 0 aliphatic carbocycles. The van der Waals surface area contributed by atoms with Crippen molar-refractivity contribution in [3.05, 3.63) is 59.7 Å². The number of carbonyl (C=O) groups is 2. The molecule has 0 radical (unpaired) electrons. The average molecular weight is 386 g/mol. The van der Waals surface area contributed by atoms with Crippen molar-refractivity contribution < 1.29 is 28.5 Å². The Morgan fingerprint density at radius 1 is 0.714 bits per heavy atom. The molecular weight excluding hydrogens is 360 g/mol. The first-order valence-corrected chi connectivity index (χ1v) is 8.93. The third-order valence-electron chi connectivity index (χ3n) is 4.67. The zero-order valence-corrected chi connectivity index (χ0v) is 16.6. The number of esters is 2. The van der Waals surface area contributed by atoms with Crippen molar-refractivity contribution in [2.75, 3.05) is 28.4 Å². The van der Waals surface area contributed by atoms with Crippen molar-refractivity contribution in [3.8, 4) is 11.5 Å². The van der Waals surface area contributed by atoms with Crippen molar-refractivity contribution in [2.45, 2.75) is 12.8 Å². The molecule has 0 N–H and O–H groups in total. The number of methoxy groups -OCH3 is 4. The Morgan fingerprint density at radius 2 is 1.11 bits per heavy atom. The summed E-state index contributed by atoms with van der Waals surface area (Å²) >= 11 is 0. The van der Waals surface area contributed by atoms with Gasteiger partial charge in [-0.3, -0.25) is 9.59 Å². The van der Waals surface area contributed by atoms with Crippen LogP contribution in [-0.2, 0) is 31.9 Å². The van der Waals surface area contributed by atoms with Gasteiger partial charge in [0.25, 0.3) is 0 Å². The number of rotatable bonds is 9. The molecule has 0 spiro atoms. The van der Waals surface area contributed by atoms with E-state index in [1.807, 2.05) is 48.5 Å². The Balaban J connectivity index is 2.35. The summed E-state index contributed by atoms with van der Waals surface area (Å²) in [6.07, 6.45) is 0.654. The molecule has 28 heavy (non-hydrogen) atoms. The summed E-state index contributed by atoms with van der Waals surface area (Å²) in [5.41, 5.74) is 1.74. The van der Waals surface area contributed by atoms with E-state index in [9.17, 15) is 9.59 Å². The van der Waals surface area contributed by atoms with E-state index in [1.165, 1.54) is 14.2 Å². The van der Waals surface area contributed by atoms with E-state index in [2.05, 4.69) is 0 Å². The summed E-state index contributed by atoms with van der Waals surface area (Å²) in [6.45, 7) is 0. The SMILES string of the molecule is COC(=O)C(Cc1cccc(OC)c1)C(Cc1cccc(OC)c1)C(=O)OC. The predicted molar refractivity (Wildman–Crippen MR) is 104 cm³/mol. The van der Waals surface area contributed by atoms with Gasteiger partial charge in [-0.05, 0) is 48.2 Å². The Kier molecular flexibility index (Phi) is 7.87. The summed E-state index contributed by atoms with van der Waals surface area (Å²) in [7, 11) is 5.80. The average Bonchev–Trinajstić information content (AvgIpc) is 2.75. The lowest BCUT2D eigenvalue weighted by molar-refractivity contribution is -0.157. The molecular formula is C22H26O6. The molecule has 2 rings (SSSR count). The minimum absolute atomic E-state index is 0.327. The highest BCUT2D eigenvalue weighted by atomic mass is 16.5. The number of hydrogen-bond acceptors (Lipinski definition) is 6. The molecule has 0 aliphatic heterocycles. The fourth-order valence-electron chi connectivity index (χ4n) is 3.19. The van der Waals surface area contributed by atoms with Gasteiger partial charge in [0.15, 0.2) is 0 Å². The smallest absolute Gasteiger partial charge is 0.309 e. The summed E-state index contributed by atoms with van der Waals surface area (Å²) in [5.74, 6) is -0.944. The van der Waals surface area contributed by atoms with Crippen LogP contribution < -0.4 is 9.47 Å². The summed E-state index contributed by atoms with van der Waals surface area (Å²) < 4.78 is 20.5. The standard InChI is InChI=1S/C22H26O6/c1-25-17-9-5-7-15(11-17)13-19(21(23)27-3)20(22(24)28-4)14-16-8-6-10-18(12-16)26-2/h5-12,19-20H,13-14H2,1-4H3. The van der Waals surface area contributed by atoms with Crippen LogP contribution >= 0.6 is 0 Å². The maximum absolute atomic E-state index is 12.6. The topological polar surface area (TPSA) is 71.1 Å². The highest BCUT2D eigenvalue weighted by Crippen LogP contribution is 2.27. The van der Waals surface area contributed by atoms with Crippen LogP contribution in [0.3, 0.4) is 0 Å². The molecule has 0 bridgehead atoms. The lowest BCUT2D eigenvalue weighted by Crippen LogP contribution is -2.34. The van der Waals surface area contributed by atoms with E-state index in [1.54, 1.807) is 14.2 Å². The van der Waals surface area contributed by atoms with Gasteiger partial charge < -0.3 is 18.9 Å². The lowest BCUT2D eigenvalue weighted by atomic mass is 9.82. The summed E-state index contributed by atoms with van der Waals surface area (Å²) in [6, 6.07) is 14.8. The quantitative estimate of drug-likeness (QED) is 0.617. The van der Waals surface area contributed by atoms with Crippen LogP contribution in [0.1, 0.15) is 11.1 Å². The van der Waals surface area contributed by atoms with Gasteiger partial charge in [0.2, 0.25) is 0 Å². The van der Waals surface area contributed by atoms with E-state index in [4.69, 9.17) is 18.9 Å². The minimum atomic E-state index is -0.698. The van der Waals surface area contributed by atoms with Crippen molar-refractivity contribution in [2.24, 2.45) is 11.8 Å². The molecule has 6 heteroatoms. The fraction of sp³-hybridized carbons (Fsp3) is 0.364. The maximum atomic E-state index is 12.6. The minimum Gasteiger partial charge on any atom is -0.497 e. The molecule has 0 saturated heterocycles. The Bertz CT molecular complexity index is 734. The van der Waals surface area contributed by atoms with Crippen molar-refractivity contribution in [1.29, 1.82) is 0 Å². The molecule has 2 aromatic rings. The van der Waals surface area contributed by atoms with Gasteiger partial charge in [-0.15, -0.1) is 0 Å². The fourth-order valence-corrected chi connectivity index (χ4v) is 3.19. The molecule has 0 aromatic heterocycles. The van der Waals surface area contributed by atoms with E-state index in [0.29, 0.717) is 24.3 Å². The maximum Gasteiger partial charge on any atom is 0.309 e. The molecule has 6 nitrogen and oxygen atoms in total. The molecule has 0 saturated carbocycles. The van der Waals surface area contributed by atoms with E-state index < -0.39 is 23.8 Å². The molecule has 2 atom stereocenters. The molecule has 150 valence electrons. The lowest BCUT2D eigenvalue weighted by Gasteiger charge is -2.24. The molecule has 2 aromatic carbocycles. The molecule has 2 unspecified atom stereocenters. The van der Waals surface area contributed by atoms with E-state index in [-0.39, 0.29) is 0 Å². The number of ether oxygens (including phenoxy) is 4. The first-order valence-electron chi connectivity index (χ1n) is 8.93. The Hall–Kier alpha value is -3.02. The highest BCUT2D eigenvalue weighted by molar-refractivity contribution is 5.82. The van der Waals surface area contributed by atoms with Crippen LogP contribution in [0.4, 0.5) is 0 Å². The Labute approximate surface area is 165 Å². The molecule has 0 heterocycles. The van der Waals surface area contributed by atoms with Crippen LogP contribution in [0.2, 0.25) is 0 Å². The van der Waals surface area contributed by atoms with Gasteiger partial charge in [-0.1, -0.05) is 24.3 Å². The monoisotopic (exact) mass is 386 g/mol. The molecule has 0 aliphatic rings. The second-order valence-corrected chi connectivity index (χ2v) is 6.37. The van der Waals surface area contributed by atoms with Crippen LogP contribution in [-0.4, -0.2) is 40.4 Å². The summed E-state index contributed by atoms with van der Waals surface area (Å²) in [4.78, 5) is 25.1. The highest BCUT2D eigenvalue weighted by Gasteiger charge is 2.35. The zero-order valence-electron chi connectivity index (χ0n) is 16.6. The van der Waals surface area contributed by atoms with Crippen LogP contribution in [0, 0.1) is 11.8 Å². The third kappa shape index (κ3) is 5.49. The van der Waals surface area contributed by atoms with Crippen molar-refractivity contribution >= 4 is 11.9 Å². The first-order chi connectivity index (χ1) is 13.5. The van der Waals surface area contributed by atoms with Crippen molar-refractivity contribution in [3.63, 3.8) is 0 Å². The van der Waals surface area contributed by atoms with Gasteiger partial charge >= 0.3 is 11.9 Å². The van der Waals surface area contributed by atoms with E-state index in [0.717, 1.165) is 11.1 Å². The largest absolute Gasteiger partial charge is 0.497 e. The second kappa shape index (κ2) is 10.3. The number of carbonyl (C=O) groups excluding carboxylic acids is 2. The second-order valence-electron chi connectivity index (χ2n) is 6.37. The normalized spacial score (nSPS) is 12.6. The van der Waals surface area contributed by atoms with Gasteiger partial charge in [0, 0.05) is 0 Å². The van der Waals surface area contributed by atoms with Crippen LogP contribution in [0.25, 0.3) is 0 Å². The number of hydrogen-bond donors (Lipinski definition) is 0. The Morgan fingerprint density at radius 3 is 1.43 bits per heavy atom. The predicted octanol–water partition coefficient (Wildman–Crippen LogP) is 3.07. The van der Waals surface area contributed by atoms with Crippen molar-refractivity contribution in [1.82, 2.24) is 0 Å². The summed E-state index contributed by atoms with van der Waals surface area (Å²) in [5, 5.41) is 0. The van der Waals surface area contributed by atoms with Gasteiger partial charge in [0.1, 0.15) is 11.5 Å². The van der Waals surface area contributed by atoms with E-state index >= 15 is 0 Å². The molecule has 0 fully saturated rings. The number of benzene rings is 2. The zero-order chi connectivity index (χ0) is 20.5. The van der Waals surface area contributed by atoms with Crippen LogP contribution in [0.5, 0.6) is 11.5 Å².